The van der Waals surface area contributed by atoms with Gasteiger partial charge in [-0.2, -0.15) is 0 Å². The van der Waals surface area contributed by atoms with E-state index in [1.54, 1.807) is 0 Å². The SMILES string of the molecule is Cc1c(N)ncnc1NCCNC(=O)C1CC1. The number of hydrogen-bond acceptors (Lipinski definition) is 5. The maximum Gasteiger partial charge on any atom is 0.223 e. The molecule has 0 aliphatic heterocycles. The van der Waals surface area contributed by atoms with Gasteiger partial charge in [0.25, 0.3) is 0 Å². The van der Waals surface area contributed by atoms with Crippen molar-refractivity contribution in [2.24, 2.45) is 5.92 Å². The Balaban J connectivity index is 1.74. The van der Waals surface area contributed by atoms with Gasteiger partial charge < -0.3 is 16.4 Å². The molecular formula is C11H17N5O. The van der Waals surface area contributed by atoms with Crippen LogP contribution in [0.5, 0.6) is 0 Å². The highest BCUT2D eigenvalue weighted by Gasteiger charge is 2.28. The van der Waals surface area contributed by atoms with E-state index in [2.05, 4.69) is 20.6 Å². The molecule has 1 aliphatic carbocycles. The summed E-state index contributed by atoms with van der Waals surface area (Å²) in [5.74, 6) is 1.61. The minimum atomic E-state index is 0.158. The van der Waals surface area contributed by atoms with Crippen molar-refractivity contribution in [1.29, 1.82) is 0 Å². The quantitative estimate of drug-likeness (QED) is 0.638. The summed E-state index contributed by atoms with van der Waals surface area (Å²) in [6.45, 7) is 3.09. The average molecular weight is 235 g/mol. The van der Waals surface area contributed by atoms with E-state index >= 15 is 0 Å². The molecule has 92 valence electrons. The summed E-state index contributed by atoms with van der Waals surface area (Å²) in [4.78, 5) is 19.3. The zero-order valence-corrected chi connectivity index (χ0v) is 9.86. The summed E-state index contributed by atoms with van der Waals surface area (Å²) < 4.78 is 0. The van der Waals surface area contributed by atoms with Gasteiger partial charge in [0, 0.05) is 24.6 Å². The maximum absolute atomic E-state index is 11.4. The van der Waals surface area contributed by atoms with Crippen LogP contribution in [-0.2, 0) is 4.79 Å². The molecule has 0 bridgehead atoms. The van der Waals surface area contributed by atoms with Gasteiger partial charge in [-0.1, -0.05) is 0 Å². The minimum absolute atomic E-state index is 0.158. The third-order valence-corrected chi connectivity index (χ3v) is 2.79. The number of anilines is 2. The molecule has 0 atom stereocenters. The molecule has 1 saturated carbocycles. The Morgan fingerprint density at radius 2 is 2.24 bits per heavy atom. The van der Waals surface area contributed by atoms with Crippen LogP contribution in [0.15, 0.2) is 6.33 Å². The summed E-state index contributed by atoms with van der Waals surface area (Å²) in [5, 5.41) is 6.00. The molecule has 0 spiro atoms. The Bertz CT molecular complexity index is 416. The lowest BCUT2D eigenvalue weighted by Crippen LogP contribution is -2.30. The highest BCUT2D eigenvalue weighted by Crippen LogP contribution is 2.28. The van der Waals surface area contributed by atoms with Gasteiger partial charge in [0.15, 0.2) is 0 Å². The van der Waals surface area contributed by atoms with Crippen LogP contribution in [0.3, 0.4) is 0 Å². The fraction of sp³-hybridized carbons (Fsp3) is 0.545. The molecule has 6 nitrogen and oxygen atoms in total. The monoisotopic (exact) mass is 235 g/mol. The summed E-state index contributed by atoms with van der Waals surface area (Å²) in [6, 6.07) is 0. The zero-order chi connectivity index (χ0) is 12.3. The second kappa shape index (κ2) is 4.99. The van der Waals surface area contributed by atoms with Crippen LogP contribution >= 0.6 is 0 Å². The molecule has 0 unspecified atom stereocenters. The standard InChI is InChI=1S/C11H17N5O/c1-7-9(12)15-6-16-10(7)13-4-5-14-11(17)8-2-3-8/h6,8H,2-5H2,1H3,(H,14,17)(H3,12,13,15,16). The third-order valence-electron chi connectivity index (χ3n) is 2.79. The molecule has 0 saturated heterocycles. The van der Waals surface area contributed by atoms with Crippen molar-refractivity contribution in [3.63, 3.8) is 0 Å². The van der Waals surface area contributed by atoms with Crippen molar-refractivity contribution in [2.45, 2.75) is 19.8 Å². The molecule has 0 radical (unpaired) electrons. The fourth-order valence-corrected chi connectivity index (χ4v) is 1.50. The van der Waals surface area contributed by atoms with Crippen molar-refractivity contribution in [2.75, 3.05) is 24.1 Å². The summed E-state index contributed by atoms with van der Waals surface area (Å²) >= 11 is 0. The molecule has 4 N–H and O–H groups in total. The van der Waals surface area contributed by atoms with Gasteiger partial charge in [0.2, 0.25) is 5.91 Å². The van der Waals surface area contributed by atoms with Crippen molar-refractivity contribution in [3.8, 4) is 0 Å². The summed E-state index contributed by atoms with van der Waals surface area (Å²) in [5.41, 5.74) is 6.49. The van der Waals surface area contributed by atoms with Gasteiger partial charge in [0.1, 0.15) is 18.0 Å². The Kier molecular flexibility index (Phi) is 3.41. The van der Waals surface area contributed by atoms with Gasteiger partial charge in [-0.25, -0.2) is 9.97 Å². The van der Waals surface area contributed by atoms with Gasteiger partial charge in [-0.15, -0.1) is 0 Å². The van der Waals surface area contributed by atoms with E-state index < -0.39 is 0 Å². The number of aromatic nitrogens is 2. The number of rotatable bonds is 5. The van der Waals surface area contributed by atoms with Crippen LogP contribution in [0.2, 0.25) is 0 Å². The molecule has 17 heavy (non-hydrogen) atoms. The molecule has 1 aromatic heterocycles. The minimum Gasteiger partial charge on any atom is -0.383 e. The van der Waals surface area contributed by atoms with E-state index in [4.69, 9.17) is 5.73 Å². The van der Waals surface area contributed by atoms with Crippen LogP contribution in [0, 0.1) is 12.8 Å². The van der Waals surface area contributed by atoms with E-state index in [9.17, 15) is 4.79 Å². The predicted octanol–water partition coefficient (Wildman–Crippen LogP) is 0.305. The zero-order valence-electron chi connectivity index (χ0n) is 9.86. The fourth-order valence-electron chi connectivity index (χ4n) is 1.50. The van der Waals surface area contributed by atoms with E-state index in [-0.39, 0.29) is 11.8 Å². The molecule has 0 aromatic carbocycles. The lowest BCUT2D eigenvalue weighted by molar-refractivity contribution is -0.122. The van der Waals surface area contributed by atoms with E-state index in [1.807, 2.05) is 6.92 Å². The average Bonchev–Trinajstić information content (AvgIpc) is 3.13. The van der Waals surface area contributed by atoms with Crippen molar-refractivity contribution < 1.29 is 4.79 Å². The second-order valence-electron chi connectivity index (χ2n) is 4.22. The van der Waals surface area contributed by atoms with Gasteiger partial charge >= 0.3 is 0 Å². The van der Waals surface area contributed by atoms with E-state index in [0.717, 1.165) is 24.2 Å². The van der Waals surface area contributed by atoms with Gasteiger partial charge in [0.05, 0.1) is 0 Å². The highest BCUT2D eigenvalue weighted by atomic mass is 16.2. The summed E-state index contributed by atoms with van der Waals surface area (Å²) in [7, 11) is 0. The van der Waals surface area contributed by atoms with Gasteiger partial charge in [-0.05, 0) is 19.8 Å². The lowest BCUT2D eigenvalue weighted by Gasteiger charge is -2.09. The van der Waals surface area contributed by atoms with E-state index in [0.29, 0.717) is 18.9 Å². The number of hydrogen-bond donors (Lipinski definition) is 3. The number of carbonyl (C=O) groups excluding carboxylic acids is 1. The highest BCUT2D eigenvalue weighted by molar-refractivity contribution is 5.80. The lowest BCUT2D eigenvalue weighted by atomic mass is 10.3. The van der Waals surface area contributed by atoms with Crippen LogP contribution in [0.1, 0.15) is 18.4 Å². The number of nitrogens with zero attached hydrogens (tertiary/aromatic N) is 2. The first-order chi connectivity index (χ1) is 8.18. The largest absolute Gasteiger partial charge is 0.383 e. The van der Waals surface area contributed by atoms with E-state index in [1.165, 1.54) is 6.33 Å². The van der Waals surface area contributed by atoms with Crippen LogP contribution in [0.4, 0.5) is 11.6 Å². The van der Waals surface area contributed by atoms with Crippen LogP contribution < -0.4 is 16.4 Å². The Labute approximate surface area is 100 Å². The number of nitrogens with two attached hydrogens (primary N) is 1. The van der Waals surface area contributed by atoms with Crippen molar-refractivity contribution in [3.05, 3.63) is 11.9 Å². The Morgan fingerprint density at radius 1 is 1.47 bits per heavy atom. The molecule has 1 amide bonds. The van der Waals surface area contributed by atoms with Crippen LogP contribution in [-0.4, -0.2) is 29.0 Å². The molecule has 6 heteroatoms. The molecule has 2 rings (SSSR count). The van der Waals surface area contributed by atoms with Crippen molar-refractivity contribution in [1.82, 2.24) is 15.3 Å². The van der Waals surface area contributed by atoms with Crippen molar-refractivity contribution >= 4 is 17.5 Å². The number of carbonyl (C=O) groups is 1. The maximum atomic E-state index is 11.4. The number of amides is 1. The topological polar surface area (TPSA) is 92.9 Å². The summed E-state index contributed by atoms with van der Waals surface area (Å²) in [6.07, 6.45) is 3.48. The smallest absolute Gasteiger partial charge is 0.223 e. The normalized spacial score (nSPS) is 14.4. The molecule has 1 heterocycles. The molecule has 1 fully saturated rings. The molecular weight excluding hydrogens is 218 g/mol. The first-order valence-electron chi connectivity index (χ1n) is 5.77. The first-order valence-corrected chi connectivity index (χ1v) is 5.77. The second-order valence-corrected chi connectivity index (χ2v) is 4.22. The molecule has 1 aliphatic rings. The third kappa shape index (κ3) is 3.05. The molecule has 1 aromatic rings. The number of nitrogens with one attached hydrogen (secondary N) is 2. The number of nitrogen functional groups attached to an aromatic ring is 1. The van der Waals surface area contributed by atoms with Crippen LogP contribution in [0.25, 0.3) is 0 Å². The van der Waals surface area contributed by atoms with Gasteiger partial charge in [-0.3, -0.25) is 4.79 Å². The Morgan fingerprint density at radius 3 is 2.94 bits per heavy atom. The predicted molar refractivity (Wildman–Crippen MR) is 65.4 cm³/mol. The first kappa shape index (κ1) is 11.6. The Hall–Kier alpha value is -1.85.